The largest absolute Gasteiger partial charge is 0.463 e. The third-order valence-corrected chi connectivity index (χ3v) is 2.43. The smallest absolute Gasteiger partial charge is 0.306 e. The lowest BCUT2D eigenvalue weighted by atomic mass is 10.1. The fourth-order valence-electron chi connectivity index (χ4n) is 1.52. The fourth-order valence-corrected chi connectivity index (χ4v) is 1.52. The van der Waals surface area contributed by atoms with Gasteiger partial charge in [0.2, 0.25) is 0 Å². The number of esters is 1. The summed E-state index contributed by atoms with van der Waals surface area (Å²) in [4.78, 5) is 11.3. The maximum absolute atomic E-state index is 11.3. The van der Waals surface area contributed by atoms with Crippen LogP contribution >= 0.6 is 0 Å². The molecule has 1 atom stereocenters. The van der Waals surface area contributed by atoms with Crippen molar-refractivity contribution in [3.63, 3.8) is 0 Å². The normalized spacial score (nSPS) is 12.4. The summed E-state index contributed by atoms with van der Waals surface area (Å²) in [6, 6.07) is 9.71. The molecule has 0 fully saturated rings. The zero-order chi connectivity index (χ0) is 14.1. The molecule has 0 bridgehead atoms. The van der Waals surface area contributed by atoms with E-state index in [1.165, 1.54) is 0 Å². The Labute approximate surface area is 114 Å². The molecule has 0 saturated carbocycles. The van der Waals surface area contributed by atoms with Crippen molar-refractivity contribution < 1.29 is 19.4 Å². The molecule has 1 aromatic rings. The van der Waals surface area contributed by atoms with E-state index in [1.54, 1.807) is 0 Å². The van der Waals surface area contributed by atoms with Crippen LogP contribution in [0.1, 0.15) is 25.8 Å². The molecular formula is C15H22O4. The molecule has 1 N–H and O–H groups in total. The van der Waals surface area contributed by atoms with E-state index in [4.69, 9.17) is 9.47 Å². The quantitative estimate of drug-likeness (QED) is 0.733. The Hall–Kier alpha value is -1.39. The molecule has 0 amide bonds. The van der Waals surface area contributed by atoms with E-state index in [0.717, 1.165) is 5.56 Å². The van der Waals surface area contributed by atoms with Gasteiger partial charge in [0.25, 0.3) is 0 Å². The average molecular weight is 266 g/mol. The van der Waals surface area contributed by atoms with Crippen LogP contribution in [0.25, 0.3) is 0 Å². The van der Waals surface area contributed by atoms with Gasteiger partial charge in [-0.15, -0.1) is 0 Å². The molecule has 0 aliphatic heterocycles. The van der Waals surface area contributed by atoms with Crippen molar-refractivity contribution in [1.82, 2.24) is 0 Å². The van der Waals surface area contributed by atoms with E-state index in [1.807, 2.05) is 44.2 Å². The Kier molecular flexibility index (Phi) is 7.15. The summed E-state index contributed by atoms with van der Waals surface area (Å²) in [6.07, 6.45) is -0.405. The third-order valence-electron chi connectivity index (χ3n) is 2.43. The van der Waals surface area contributed by atoms with Crippen LogP contribution in [0, 0.1) is 5.92 Å². The summed E-state index contributed by atoms with van der Waals surface area (Å²) in [7, 11) is 0. The average Bonchev–Trinajstić information content (AvgIpc) is 2.37. The van der Waals surface area contributed by atoms with E-state index in [9.17, 15) is 9.90 Å². The van der Waals surface area contributed by atoms with Crippen LogP contribution in [-0.2, 0) is 20.9 Å². The van der Waals surface area contributed by atoms with E-state index in [0.29, 0.717) is 13.0 Å². The van der Waals surface area contributed by atoms with Crippen LogP contribution in [-0.4, -0.2) is 30.4 Å². The lowest BCUT2D eigenvalue weighted by Crippen LogP contribution is -2.24. The topological polar surface area (TPSA) is 55.8 Å². The van der Waals surface area contributed by atoms with Crippen LogP contribution in [0.2, 0.25) is 0 Å². The molecular weight excluding hydrogens is 244 g/mol. The Morgan fingerprint density at radius 3 is 2.53 bits per heavy atom. The van der Waals surface area contributed by atoms with E-state index in [-0.39, 0.29) is 25.1 Å². The molecule has 0 spiro atoms. The van der Waals surface area contributed by atoms with Crippen LogP contribution in [0.4, 0.5) is 0 Å². The van der Waals surface area contributed by atoms with Crippen molar-refractivity contribution in [3.05, 3.63) is 35.9 Å². The predicted molar refractivity (Wildman–Crippen MR) is 72.5 cm³/mol. The second-order valence-corrected chi connectivity index (χ2v) is 4.94. The van der Waals surface area contributed by atoms with Crippen molar-refractivity contribution in [2.45, 2.75) is 33.0 Å². The minimum absolute atomic E-state index is 0.0135. The van der Waals surface area contributed by atoms with Gasteiger partial charge in [-0.05, 0) is 11.5 Å². The first-order valence-corrected chi connectivity index (χ1v) is 6.53. The SMILES string of the molecule is CC(C)CC(=O)OC[C@@H](O)COCc1ccccc1. The molecule has 0 aliphatic rings. The van der Waals surface area contributed by atoms with Gasteiger partial charge in [-0.2, -0.15) is 0 Å². The molecule has 4 nitrogen and oxygen atoms in total. The molecule has 1 aromatic carbocycles. The van der Waals surface area contributed by atoms with Gasteiger partial charge in [-0.1, -0.05) is 44.2 Å². The molecule has 4 heteroatoms. The Balaban J connectivity index is 2.11. The Morgan fingerprint density at radius 1 is 1.21 bits per heavy atom. The Morgan fingerprint density at radius 2 is 1.89 bits per heavy atom. The number of ether oxygens (including phenoxy) is 2. The summed E-state index contributed by atoms with van der Waals surface area (Å²) in [6.45, 7) is 4.48. The van der Waals surface area contributed by atoms with Crippen molar-refractivity contribution in [2.24, 2.45) is 5.92 Å². The highest BCUT2D eigenvalue weighted by Crippen LogP contribution is 2.03. The van der Waals surface area contributed by atoms with E-state index < -0.39 is 6.10 Å². The minimum Gasteiger partial charge on any atom is -0.463 e. The van der Waals surface area contributed by atoms with Crippen molar-refractivity contribution in [1.29, 1.82) is 0 Å². The van der Waals surface area contributed by atoms with Crippen molar-refractivity contribution in [3.8, 4) is 0 Å². The van der Waals surface area contributed by atoms with Crippen molar-refractivity contribution >= 4 is 5.97 Å². The molecule has 1 rings (SSSR count). The second kappa shape index (κ2) is 8.67. The molecule has 106 valence electrons. The number of benzene rings is 1. The second-order valence-electron chi connectivity index (χ2n) is 4.94. The van der Waals surface area contributed by atoms with Gasteiger partial charge in [0, 0.05) is 6.42 Å². The van der Waals surface area contributed by atoms with Crippen LogP contribution in [0.5, 0.6) is 0 Å². The van der Waals surface area contributed by atoms with Crippen molar-refractivity contribution in [2.75, 3.05) is 13.2 Å². The maximum Gasteiger partial charge on any atom is 0.306 e. The molecule has 19 heavy (non-hydrogen) atoms. The predicted octanol–water partition coefficient (Wildman–Crippen LogP) is 2.15. The highest BCUT2D eigenvalue weighted by molar-refractivity contribution is 5.69. The molecule has 0 aromatic heterocycles. The lowest BCUT2D eigenvalue weighted by molar-refractivity contribution is -0.148. The van der Waals surface area contributed by atoms with Gasteiger partial charge in [0.15, 0.2) is 0 Å². The number of aliphatic hydroxyl groups excluding tert-OH is 1. The molecule has 0 radical (unpaired) electrons. The summed E-state index contributed by atoms with van der Waals surface area (Å²) in [5.41, 5.74) is 1.05. The first-order chi connectivity index (χ1) is 9.08. The summed E-state index contributed by atoms with van der Waals surface area (Å²) >= 11 is 0. The zero-order valence-electron chi connectivity index (χ0n) is 11.5. The highest BCUT2D eigenvalue weighted by atomic mass is 16.5. The maximum atomic E-state index is 11.3. The van der Waals surface area contributed by atoms with Crippen LogP contribution in [0.3, 0.4) is 0 Å². The van der Waals surface area contributed by atoms with Gasteiger partial charge in [-0.25, -0.2) is 0 Å². The lowest BCUT2D eigenvalue weighted by Gasteiger charge is -2.12. The summed E-state index contributed by atoms with van der Waals surface area (Å²) in [5, 5.41) is 9.61. The summed E-state index contributed by atoms with van der Waals surface area (Å²) < 4.78 is 10.3. The first-order valence-electron chi connectivity index (χ1n) is 6.53. The number of carbonyl (C=O) groups excluding carboxylic acids is 1. The molecule has 0 unspecified atom stereocenters. The Bertz CT molecular complexity index is 362. The fraction of sp³-hybridized carbons (Fsp3) is 0.533. The summed E-state index contributed by atoms with van der Waals surface area (Å²) in [5.74, 6) is -0.0175. The van der Waals surface area contributed by atoms with E-state index >= 15 is 0 Å². The van der Waals surface area contributed by atoms with Gasteiger partial charge in [0.1, 0.15) is 12.7 Å². The first kappa shape index (κ1) is 15.7. The standard InChI is InChI=1S/C15H22O4/c1-12(2)8-15(17)19-11-14(16)10-18-9-13-6-4-3-5-7-13/h3-7,12,14,16H,8-11H2,1-2H3/t14-/m0/s1. The van der Waals surface area contributed by atoms with Gasteiger partial charge in [-0.3, -0.25) is 4.79 Å². The molecule has 0 aliphatic carbocycles. The number of rotatable bonds is 8. The number of carbonyl (C=O) groups is 1. The van der Waals surface area contributed by atoms with Gasteiger partial charge < -0.3 is 14.6 Å². The number of hydrogen-bond acceptors (Lipinski definition) is 4. The van der Waals surface area contributed by atoms with Gasteiger partial charge in [0.05, 0.1) is 13.2 Å². The third kappa shape index (κ3) is 7.59. The van der Waals surface area contributed by atoms with Crippen LogP contribution in [0.15, 0.2) is 30.3 Å². The zero-order valence-corrected chi connectivity index (χ0v) is 11.5. The van der Waals surface area contributed by atoms with Gasteiger partial charge >= 0.3 is 5.97 Å². The number of hydrogen-bond donors (Lipinski definition) is 1. The highest BCUT2D eigenvalue weighted by Gasteiger charge is 2.10. The van der Waals surface area contributed by atoms with E-state index in [2.05, 4.69) is 0 Å². The molecule has 0 saturated heterocycles. The number of aliphatic hydroxyl groups is 1. The minimum atomic E-state index is -0.778. The van der Waals surface area contributed by atoms with Crippen LogP contribution < -0.4 is 0 Å². The monoisotopic (exact) mass is 266 g/mol. The molecule has 0 heterocycles.